The summed E-state index contributed by atoms with van der Waals surface area (Å²) in [6.45, 7) is 0.749. The van der Waals surface area contributed by atoms with Crippen molar-refractivity contribution in [2.45, 2.75) is 23.3 Å². The van der Waals surface area contributed by atoms with Crippen LogP contribution < -0.4 is 10.5 Å². The lowest BCUT2D eigenvalue weighted by Gasteiger charge is -2.31. The van der Waals surface area contributed by atoms with Crippen LogP contribution in [0.3, 0.4) is 0 Å². The molecule has 8 heteroatoms. The monoisotopic (exact) mass is 359 g/mol. The van der Waals surface area contributed by atoms with Crippen LogP contribution in [0.5, 0.6) is 5.75 Å². The van der Waals surface area contributed by atoms with Crippen molar-refractivity contribution in [2.24, 2.45) is 5.73 Å². The van der Waals surface area contributed by atoms with Crippen molar-refractivity contribution in [1.82, 2.24) is 0 Å². The van der Waals surface area contributed by atoms with Crippen molar-refractivity contribution in [3.63, 3.8) is 0 Å². The van der Waals surface area contributed by atoms with Crippen molar-refractivity contribution in [1.29, 1.82) is 0 Å². The molecule has 1 heterocycles. The number of rotatable bonds is 7. The Morgan fingerprint density at radius 3 is 2.50 bits per heavy atom. The third kappa shape index (κ3) is 5.01. The highest BCUT2D eigenvalue weighted by molar-refractivity contribution is 7.91. The van der Waals surface area contributed by atoms with E-state index in [1.807, 2.05) is 0 Å². The molecule has 0 atom stereocenters. The molecule has 0 spiro atoms. The van der Waals surface area contributed by atoms with Gasteiger partial charge in [-0.15, -0.1) is 0 Å². The Morgan fingerprint density at radius 2 is 1.96 bits per heavy atom. The fourth-order valence-electron chi connectivity index (χ4n) is 2.39. The number of hydrogen-bond acceptors (Lipinski definition) is 6. The van der Waals surface area contributed by atoms with Gasteiger partial charge in [-0.2, -0.15) is 0 Å². The lowest BCUT2D eigenvalue weighted by atomic mass is 9.97. The lowest BCUT2D eigenvalue weighted by molar-refractivity contribution is -0.0485. The number of nitrogens with two attached hydrogens (primary N) is 1. The van der Waals surface area contributed by atoms with Crippen molar-refractivity contribution >= 4 is 9.84 Å². The molecule has 3 N–H and O–H groups in total. The van der Waals surface area contributed by atoms with E-state index in [0.717, 1.165) is 0 Å². The Morgan fingerprint density at radius 1 is 1.33 bits per heavy atom. The van der Waals surface area contributed by atoms with Gasteiger partial charge >= 0.3 is 0 Å². The number of aliphatic hydroxyl groups is 1. The molecule has 0 aliphatic carbocycles. The van der Waals surface area contributed by atoms with Crippen molar-refractivity contribution in [3.8, 4) is 5.75 Å². The molecule has 1 aromatic carbocycles. The maximum Gasteiger partial charge on any atom is 0.181 e. The van der Waals surface area contributed by atoms with Crippen molar-refractivity contribution in [3.05, 3.63) is 36.2 Å². The number of halogens is 1. The predicted octanol–water partition coefficient (Wildman–Crippen LogP) is 1.19. The first-order chi connectivity index (χ1) is 11.4. The molecule has 134 valence electrons. The summed E-state index contributed by atoms with van der Waals surface area (Å²) < 4.78 is 47.8. The Hall–Kier alpha value is -1.48. The first-order valence-electron chi connectivity index (χ1n) is 7.62. The highest BCUT2D eigenvalue weighted by atomic mass is 32.2. The Kier molecular flexibility index (Phi) is 6.34. The zero-order chi connectivity index (χ0) is 17.6. The number of hydrogen-bond donors (Lipinski definition) is 2. The highest BCUT2D eigenvalue weighted by Gasteiger charge is 2.35. The van der Waals surface area contributed by atoms with Crippen LogP contribution >= 0.6 is 0 Å². The normalized spacial score (nSPS) is 18.4. The molecule has 1 aliphatic rings. The minimum absolute atomic E-state index is 0.00114. The summed E-state index contributed by atoms with van der Waals surface area (Å²) in [5.74, 6) is 0.0670. The van der Waals surface area contributed by atoms with Crippen LogP contribution in [0.15, 0.2) is 41.1 Å². The number of ether oxygens (including phenoxy) is 2. The highest BCUT2D eigenvalue weighted by Crippen LogP contribution is 2.26. The second-order valence-electron chi connectivity index (χ2n) is 5.83. The molecular weight excluding hydrogens is 337 g/mol. The van der Waals surface area contributed by atoms with Gasteiger partial charge in [0.25, 0.3) is 0 Å². The first-order valence-corrected chi connectivity index (χ1v) is 9.28. The van der Waals surface area contributed by atoms with Crippen LogP contribution in [0.4, 0.5) is 4.39 Å². The summed E-state index contributed by atoms with van der Waals surface area (Å²) in [5.41, 5.74) is 4.37. The minimum Gasteiger partial charge on any atom is -0.489 e. The molecule has 0 aromatic heterocycles. The number of sulfone groups is 1. The van der Waals surface area contributed by atoms with Crippen LogP contribution in [-0.2, 0) is 14.6 Å². The predicted molar refractivity (Wildman–Crippen MR) is 87.2 cm³/mol. The molecular formula is C16H22FNO5S. The largest absolute Gasteiger partial charge is 0.489 e. The van der Waals surface area contributed by atoms with Gasteiger partial charge in [0, 0.05) is 38.2 Å². The fraction of sp³-hybridized carbons (Fsp3) is 0.500. The molecule has 0 amide bonds. The lowest BCUT2D eigenvalue weighted by Crippen LogP contribution is -2.42. The van der Waals surface area contributed by atoms with Gasteiger partial charge in [-0.05, 0) is 24.3 Å². The maximum absolute atomic E-state index is 12.5. The topological polar surface area (TPSA) is 98.9 Å². The molecule has 24 heavy (non-hydrogen) atoms. The van der Waals surface area contributed by atoms with E-state index in [2.05, 4.69) is 0 Å². The van der Waals surface area contributed by atoms with Gasteiger partial charge in [-0.25, -0.2) is 12.8 Å². The molecule has 0 saturated carbocycles. The van der Waals surface area contributed by atoms with Crippen LogP contribution in [0.25, 0.3) is 0 Å². The Bertz CT molecular complexity index is 666. The van der Waals surface area contributed by atoms with Crippen LogP contribution in [0, 0.1) is 0 Å². The SMILES string of the molecule is NCC(=CF)COc1ccc(S(=O)(=O)CC2(O)CCOCC2)cc1. The molecule has 1 aliphatic heterocycles. The van der Waals surface area contributed by atoms with Crippen LogP contribution in [0.1, 0.15) is 12.8 Å². The average Bonchev–Trinajstić information content (AvgIpc) is 2.56. The van der Waals surface area contributed by atoms with Gasteiger partial charge in [0.2, 0.25) is 0 Å². The molecule has 1 aromatic rings. The van der Waals surface area contributed by atoms with Gasteiger partial charge < -0.3 is 20.3 Å². The summed E-state index contributed by atoms with van der Waals surface area (Å²) in [7, 11) is -3.63. The van der Waals surface area contributed by atoms with E-state index in [-0.39, 0.29) is 23.8 Å². The van der Waals surface area contributed by atoms with Gasteiger partial charge in [0.1, 0.15) is 12.4 Å². The van der Waals surface area contributed by atoms with Gasteiger partial charge in [0.15, 0.2) is 9.84 Å². The number of benzene rings is 1. The average molecular weight is 359 g/mol. The Balaban J connectivity index is 2.03. The fourth-order valence-corrected chi connectivity index (χ4v) is 4.10. The zero-order valence-electron chi connectivity index (χ0n) is 13.3. The minimum atomic E-state index is -3.63. The summed E-state index contributed by atoms with van der Waals surface area (Å²) in [6, 6.07) is 5.81. The molecule has 1 fully saturated rings. The summed E-state index contributed by atoms with van der Waals surface area (Å²) in [5, 5.41) is 10.4. The summed E-state index contributed by atoms with van der Waals surface area (Å²) >= 11 is 0. The third-order valence-electron chi connectivity index (χ3n) is 3.91. The molecule has 6 nitrogen and oxygen atoms in total. The zero-order valence-corrected chi connectivity index (χ0v) is 14.1. The molecule has 0 bridgehead atoms. The Labute approximate surface area is 141 Å². The quantitative estimate of drug-likeness (QED) is 0.759. The third-order valence-corrected chi connectivity index (χ3v) is 5.81. The van der Waals surface area contributed by atoms with Gasteiger partial charge in [-0.1, -0.05) is 0 Å². The second kappa shape index (κ2) is 8.06. The smallest absolute Gasteiger partial charge is 0.181 e. The van der Waals surface area contributed by atoms with E-state index in [9.17, 15) is 17.9 Å². The van der Waals surface area contributed by atoms with E-state index in [0.29, 0.717) is 43.7 Å². The molecule has 2 rings (SSSR count). The van der Waals surface area contributed by atoms with E-state index in [1.54, 1.807) is 0 Å². The molecule has 0 radical (unpaired) electrons. The molecule has 1 saturated heterocycles. The maximum atomic E-state index is 12.5. The van der Waals surface area contributed by atoms with Gasteiger partial charge in [0.05, 0.1) is 22.6 Å². The van der Waals surface area contributed by atoms with E-state index < -0.39 is 15.4 Å². The second-order valence-corrected chi connectivity index (χ2v) is 7.82. The standard InChI is InChI=1S/C16H22FNO5S/c17-9-13(10-18)11-23-14-1-3-15(4-2-14)24(20,21)12-16(19)5-7-22-8-6-16/h1-4,9,19H,5-8,10-12,18H2. The first kappa shape index (κ1) is 18.9. The van der Waals surface area contributed by atoms with E-state index in [1.165, 1.54) is 24.3 Å². The summed E-state index contributed by atoms with van der Waals surface area (Å²) in [6.07, 6.45) is 0.989. The molecule has 0 unspecified atom stereocenters. The van der Waals surface area contributed by atoms with E-state index in [4.69, 9.17) is 15.2 Å². The summed E-state index contributed by atoms with van der Waals surface area (Å²) in [4.78, 5) is 0.106. The van der Waals surface area contributed by atoms with Crippen LogP contribution in [-0.4, -0.2) is 51.2 Å². The van der Waals surface area contributed by atoms with Crippen LogP contribution in [0.2, 0.25) is 0 Å². The van der Waals surface area contributed by atoms with E-state index >= 15 is 0 Å². The van der Waals surface area contributed by atoms with Crippen molar-refractivity contribution in [2.75, 3.05) is 32.1 Å². The van der Waals surface area contributed by atoms with Gasteiger partial charge in [-0.3, -0.25) is 0 Å². The van der Waals surface area contributed by atoms with Crippen molar-refractivity contribution < 1.29 is 27.4 Å².